The van der Waals surface area contributed by atoms with Gasteiger partial charge in [-0.15, -0.1) is 0 Å². The molecule has 0 spiro atoms. The van der Waals surface area contributed by atoms with Crippen LogP contribution in [-0.4, -0.2) is 70.8 Å². The summed E-state index contributed by atoms with van der Waals surface area (Å²) in [5.41, 5.74) is 1.61. The molecule has 0 saturated carbocycles. The molecule has 2 fully saturated rings. The van der Waals surface area contributed by atoms with Gasteiger partial charge in [-0.2, -0.15) is 0 Å². The van der Waals surface area contributed by atoms with Crippen molar-refractivity contribution in [2.45, 2.75) is 32.0 Å². The van der Waals surface area contributed by atoms with Crippen molar-refractivity contribution < 1.29 is 14.4 Å². The Morgan fingerprint density at radius 2 is 1.62 bits per heavy atom. The number of nitrogens with zero attached hydrogens (tertiary/aromatic N) is 4. The SMILES string of the molecule is CC12CCC(=O)N1c1ccccc1C(=O)N2CC(=O)N1CCN(Cc2ccccc2)CC1. The molecule has 7 nitrogen and oxygen atoms in total. The van der Waals surface area contributed by atoms with E-state index >= 15 is 0 Å². The number of carbonyl (C=O) groups excluding carboxylic acids is 3. The van der Waals surface area contributed by atoms with Gasteiger partial charge in [0, 0.05) is 39.1 Å². The smallest absolute Gasteiger partial charge is 0.258 e. The number of para-hydroxylation sites is 1. The van der Waals surface area contributed by atoms with E-state index in [0.29, 0.717) is 37.2 Å². The van der Waals surface area contributed by atoms with Crippen molar-refractivity contribution in [1.82, 2.24) is 14.7 Å². The van der Waals surface area contributed by atoms with E-state index in [1.54, 1.807) is 21.9 Å². The van der Waals surface area contributed by atoms with Gasteiger partial charge in [0.15, 0.2) is 0 Å². The van der Waals surface area contributed by atoms with Crippen LogP contribution in [0.2, 0.25) is 0 Å². The van der Waals surface area contributed by atoms with Crippen LogP contribution in [0.25, 0.3) is 0 Å². The van der Waals surface area contributed by atoms with Gasteiger partial charge in [-0.1, -0.05) is 42.5 Å². The van der Waals surface area contributed by atoms with E-state index in [9.17, 15) is 14.4 Å². The van der Waals surface area contributed by atoms with E-state index in [2.05, 4.69) is 17.0 Å². The third-order valence-electron chi connectivity index (χ3n) is 7.01. The fourth-order valence-corrected chi connectivity index (χ4v) is 5.17. The zero-order valence-corrected chi connectivity index (χ0v) is 18.4. The Balaban J connectivity index is 1.28. The first-order valence-corrected chi connectivity index (χ1v) is 11.3. The van der Waals surface area contributed by atoms with Gasteiger partial charge in [0.1, 0.15) is 12.2 Å². The summed E-state index contributed by atoms with van der Waals surface area (Å²) in [6.07, 6.45) is 0.908. The zero-order chi connectivity index (χ0) is 22.3. The van der Waals surface area contributed by atoms with Crippen LogP contribution in [0.1, 0.15) is 35.7 Å². The Morgan fingerprint density at radius 3 is 2.38 bits per heavy atom. The monoisotopic (exact) mass is 432 g/mol. The Morgan fingerprint density at radius 1 is 0.938 bits per heavy atom. The largest absolute Gasteiger partial charge is 0.339 e. The number of amides is 3. The molecule has 0 aromatic heterocycles. The molecule has 2 saturated heterocycles. The average Bonchev–Trinajstić information content (AvgIpc) is 3.13. The number of piperazine rings is 1. The molecule has 1 atom stereocenters. The zero-order valence-electron chi connectivity index (χ0n) is 18.4. The first-order chi connectivity index (χ1) is 15.5. The van der Waals surface area contributed by atoms with Gasteiger partial charge >= 0.3 is 0 Å². The number of hydrogen-bond acceptors (Lipinski definition) is 4. The van der Waals surface area contributed by atoms with Gasteiger partial charge in [-0.25, -0.2) is 0 Å². The molecule has 0 N–H and O–H groups in total. The van der Waals surface area contributed by atoms with Crippen LogP contribution in [0.15, 0.2) is 54.6 Å². The van der Waals surface area contributed by atoms with Crippen LogP contribution >= 0.6 is 0 Å². The third-order valence-corrected chi connectivity index (χ3v) is 7.01. The molecule has 1 unspecified atom stereocenters. The van der Waals surface area contributed by atoms with Crippen LogP contribution in [0.4, 0.5) is 5.69 Å². The molecule has 32 heavy (non-hydrogen) atoms. The number of carbonyl (C=O) groups is 3. The first kappa shape index (κ1) is 20.7. The summed E-state index contributed by atoms with van der Waals surface area (Å²) in [6.45, 7) is 5.66. The molecular formula is C25H28N4O3. The second-order valence-electron chi connectivity index (χ2n) is 9.00. The van der Waals surface area contributed by atoms with Crippen molar-refractivity contribution in [3.05, 3.63) is 65.7 Å². The van der Waals surface area contributed by atoms with Crippen LogP contribution in [0, 0.1) is 0 Å². The van der Waals surface area contributed by atoms with E-state index in [0.717, 1.165) is 19.6 Å². The summed E-state index contributed by atoms with van der Waals surface area (Å²) in [5, 5.41) is 0. The fraction of sp³-hybridized carbons (Fsp3) is 0.400. The molecule has 3 aliphatic rings. The van der Waals surface area contributed by atoms with E-state index < -0.39 is 5.66 Å². The number of hydrogen-bond donors (Lipinski definition) is 0. The summed E-state index contributed by atoms with van der Waals surface area (Å²) in [6, 6.07) is 17.5. The Bertz CT molecular complexity index is 1050. The topological polar surface area (TPSA) is 64.2 Å². The number of anilines is 1. The predicted octanol–water partition coefficient (Wildman–Crippen LogP) is 2.33. The second kappa shape index (κ2) is 8.06. The van der Waals surface area contributed by atoms with E-state index in [1.165, 1.54) is 5.56 Å². The van der Waals surface area contributed by atoms with Crippen LogP contribution < -0.4 is 4.90 Å². The highest BCUT2D eigenvalue weighted by molar-refractivity contribution is 6.11. The quantitative estimate of drug-likeness (QED) is 0.744. The van der Waals surface area contributed by atoms with Crippen molar-refractivity contribution in [3.63, 3.8) is 0 Å². The molecule has 3 heterocycles. The standard InChI is InChI=1S/C25H28N4O3/c1-25-12-11-22(30)29(25)21-10-6-5-9-20(21)24(32)28(25)18-23(31)27-15-13-26(14-16-27)17-19-7-3-2-4-8-19/h2-10H,11-18H2,1H3. The van der Waals surface area contributed by atoms with E-state index in [4.69, 9.17) is 0 Å². The highest BCUT2D eigenvalue weighted by Crippen LogP contribution is 2.43. The summed E-state index contributed by atoms with van der Waals surface area (Å²) >= 11 is 0. The third kappa shape index (κ3) is 3.46. The normalized spacial score (nSPS) is 23.3. The van der Waals surface area contributed by atoms with Crippen LogP contribution in [0.5, 0.6) is 0 Å². The molecule has 2 aromatic rings. The maximum Gasteiger partial charge on any atom is 0.258 e. The summed E-state index contributed by atoms with van der Waals surface area (Å²) in [7, 11) is 0. The van der Waals surface area contributed by atoms with Gasteiger partial charge in [0.05, 0.1) is 11.3 Å². The molecule has 0 aliphatic carbocycles. The van der Waals surface area contributed by atoms with Gasteiger partial charge in [0.25, 0.3) is 5.91 Å². The maximum absolute atomic E-state index is 13.4. The summed E-state index contributed by atoms with van der Waals surface area (Å²) in [5.74, 6) is -0.234. The van der Waals surface area contributed by atoms with Crippen molar-refractivity contribution in [1.29, 1.82) is 0 Å². The highest BCUT2D eigenvalue weighted by Gasteiger charge is 2.53. The maximum atomic E-state index is 13.4. The summed E-state index contributed by atoms with van der Waals surface area (Å²) in [4.78, 5) is 46.8. The Labute approximate surface area is 188 Å². The molecule has 5 rings (SSSR count). The lowest BCUT2D eigenvalue weighted by Gasteiger charge is -2.49. The van der Waals surface area contributed by atoms with Crippen LogP contribution in [-0.2, 0) is 16.1 Å². The molecule has 0 radical (unpaired) electrons. The van der Waals surface area contributed by atoms with Gasteiger partial charge in [-0.05, 0) is 31.0 Å². The first-order valence-electron chi connectivity index (χ1n) is 11.3. The predicted molar refractivity (Wildman–Crippen MR) is 121 cm³/mol. The Hall–Kier alpha value is -3.19. The number of rotatable bonds is 4. The highest BCUT2D eigenvalue weighted by atomic mass is 16.2. The van der Waals surface area contributed by atoms with Gasteiger partial charge in [0.2, 0.25) is 11.8 Å². The van der Waals surface area contributed by atoms with Crippen LogP contribution in [0.3, 0.4) is 0 Å². The van der Waals surface area contributed by atoms with E-state index in [-0.39, 0.29) is 24.3 Å². The lowest BCUT2D eigenvalue weighted by Crippen LogP contribution is -2.64. The molecule has 0 bridgehead atoms. The van der Waals surface area contributed by atoms with Crippen molar-refractivity contribution >= 4 is 23.4 Å². The average molecular weight is 433 g/mol. The molecular weight excluding hydrogens is 404 g/mol. The van der Waals surface area contributed by atoms with E-state index in [1.807, 2.05) is 42.2 Å². The lowest BCUT2D eigenvalue weighted by atomic mass is 9.98. The van der Waals surface area contributed by atoms with Gasteiger partial charge < -0.3 is 9.80 Å². The fourth-order valence-electron chi connectivity index (χ4n) is 5.17. The number of benzene rings is 2. The van der Waals surface area contributed by atoms with Gasteiger partial charge in [-0.3, -0.25) is 24.2 Å². The molecule has 3 aliphatic heterocycles. The molecule has 3 amide bonds. The summed E-state index contributed by atoms with van der Waals surface area (Å²) < 4.78 is 0. The minimum atomic E-state index is -0.798. The molecule has 2 aromatic carbocycles. The van der Waals surface area contributed by atoms with Crippen molar-refractivity contribution in [2.75, 3.05) is 37.6 Å². The Kier molecular flexibility index (Phi) is 5.21. The second-order valence-corrected chi connectivity index (χ2v) is 9.00. The lowest BCUT2D eigenvalue weighted by molar-refractivity contribution is -0.135. The van der Waals surface area contributed by atoms with Crippen molar-refractivity contribution in [2.24, 2.45) is 0 Å². The number of fused-ring (bicyclic) bond motifs is 3. The van der Waals surface area contributed by atoms with Crippen molar-refractivity contribution in [3.8, 4) is 0 Å². The minimum absolute atomic E-state index is 0.000532. The molecule has 166 valence electrons. The molecule has 7 heteroatoms. The minimum Gasteiger partial charge on any atom is -0.339 e.